The van der Waals surface area contributed by atoms with Crippen LogP contribution in [0.2, 0.25) is 0 Å². The van der Waals surface area contributed by atoms with E-state index in [0.29, 0.717) is 23.0 Å². The fourth-order valence-corrected chi connectivity index (χ4v) is 3.96. The van der Waals surface area contributed by atoms with Gasteiger partial charge in [0.2, 0.25) is 0 Å². The van der Waals surface area contributed by atoms with Crippen LogP contribution in [0.4, 0.5) is 0 Å². The third-order valence-electron chi connectivity index (χ3n) is 3.78. The highest BCUT2D eigenvalue weighted by Gasteiger charge is 2.50. The van der Waals surface area contributed by atoms with E-state index in [1.165, 1.54) is 12.8 Å². The molecule has 0 aromatic carbocycles. The minimum atomic E-state index is 0.590. The molecule has 2 fully saturated rings. The van der Waals surface area contributed by atoms with Crippen molar-refractivity contribution in [3.63, 3.8) is 0 Å². The lowest BCUT2D eigenvalue weighted by Gasteiger charge is -2.27. The molecule has 3 atom stereocenters. The molecule has 0 heterocycles. The molecular formula is C9H18N2S. The van der Waals surface area contributed by atoms with Gasteiger partial charge >= 0.3 is 0 Å². The van der Waals surface area contributed by atoms with Gasteiger partial charge in [-0.25, -0.2) is 0 Å². The van der Waals surface area contributed by atoms with Crippen LogP contribution in [0, 0.1) is 23.7 Å². The molecule has 0 amide bonds. The second-order valence-electron chi connectivity index (χ2n) is 4.29. The third kappa shape index (κ3) is 1.10. The lowest BCUT2D eigenvalue weighted by molar-refractivity contribution is 0.250. The summed E-state index contributed by atoms with van der Waals surface area (Å²) in [5, 5.41) is 0.590. The van der Waals surface area contributed by atoms with E-state index in [1.807, 2.05) is 0 Å². The van der Waals surface area contributed by atoms with Crippen LogP contribution < -0.4 is 11.5 Å². The first kappa shape index (κ1) is 8.85. The lowest BCUT2D eigenvalue weighted by Crippen LogP contribution is -2.31. The van der Waals surface area contributed by atoms with Crippen molar-refractivity contribution in [1.82, 2.24) is 0 Å². The molecular weight excluding hydrogens is 168 g/mol. The standard InChI is InChI=1S/C9H18N2S/c10-3-6-1-5-2-7(4-11)8(6)9(5)12/h5-9,12H,1-4,10-11H2. The average Bonchev–Trinajstić information content (AvgIpc) is 2.58. The van der Waals surface area contributed by atoms with Gasteiger partial charge in [0.15, 0.2) is 0 Å². The van der Waals surface area contributed by atoms with Crippen molar-refractivity contribution in [3.8, 4) is 0 Å². The summed E-state index contributed by atoms with van der Waals surface area (Å²) in [6.07, 6.45) is 2.59. The highest BCUT2D eigenvalue weighted by Crippen LogP contribution is 2.53. The van der Waals surface area contributed by atoms with Gasteiger partial charge in [-0.05, 0) is 49.6 Å². The number of rotatable bonds is 2. The first-order chi connectivity index (χ1) is 5.77. The summed E-state index contributed by atoms with van der Waals surface area (Å²) in [6, 6.07) is 0. The first-order valence-electron chi connectivity index (χ1n) is 4.86. The highest BCUT2D eigenvalue weighted by molar-refractivity contribution is 7.81. The van der Waals surface area contributed by atoms with E-state index in [-0.39, 0.29) is 0 Å². The summed E-state index contributed by atoms with van der Waals surface area (Å²) in [7, 11) is 0. The Balaban J connectivity index is 2.11. The molecule has 2 rings (SSSR count). The maximum Gasteiger partial charge on any atom is 0.00798 e. The Kier molecular flexibility index (Phi) is 2.36. The van der Waals surface area contributed by atoms with Crippen LogP contribution in [-0.4, -0.2) is 18.3 Å². The van der Waals surface area contributed by atoms with Crippen molar-refractivity contribution >= 4 is 12.6 Å². The van der Waals surface area contributed by atoms with Crippen molar-refractivity contribution in [2.24, 2.45) is 35.1 Å². The summed E-state index contributed by atoms with van der Waals surface area (Å²) >= 11 is 4.66. The Hall–Kier alpha value is 0.270. The number of nitrogens with two attached hydrogens (primary N) is 2. The SMILES string of the molecule is NCC1CC2CC(CN)C1C2S. The van der Waals surface area contributed by atoms with Crippen LogP contribution in [0.15, 0.2) is 0 Å². The molecule has 0 radical (unpaired) electrons. The third-order valence-corrected chi connectivity index (χ3v) is 4.55. The number of fused-ring (bicyclic) bond motifs is 2. The summed E-state index contributed by atoms with van der Waals surface area (Å²) in [5.74, 6) is 2.94. The number of thiol groups is 1. The Bertz CT molecular complexity index is 160. The molecule has 2 bridgehead atoms. The molecule has 0 aliphatic heterocycles. The van der Waals surface area contributed by atoms with Gasteiger partial charge in [-0.2, -0.15) is 12.6 Å². The van der Waals surface area contributed by atoms with Crippen molar-refractivity contribution in [3.05, 3.63) is 0 Å². The van der Waals surface area contributed by atoms with E-state index in [4.69, 9.17) is 11.5 Å². The monoisotopic (exact) mass is 186 g/mol. The van der Waals surface area contributed by atoms with Crippen LogP contribution in [0.1, 0.15) is 12.8 Å². The fraction of sp³-hybridized carbons (Fsp3) is 1.00. The van der Waals surface area contributed by atoms with Gasteiger partial charge in [-0.15, -0.1) is 0 Å². The van der Waals surface area contributed by atoms with Gasteiger partial charge in [0.25, 0.3) is 0 Å². The largest absolute Gasteiger partial charge is 0.330 e. The summed E-state index contributed by atoms with van der Waals surface area (Å²) < 4.78 is 0. The van der Waals surface area contributed by atoms with Crippen LogP contribution in [-0.2, 0) is 0 Å². The maximum absolute atomic E-state index is 5.72. The minimum Gasteiger partial charge on any atom is -0.330 e. The van der Waals surface area contributed by atoms with Gasteiger partial charge in [-0.3, -0.25) is 0 Å². The van der Waals surface area contributed by atoms with Gasteiger partial charge in [0.1, 0.15) is 0 Å². The molecule has 3 unspecified atom stereocenters. The normalized spacial score (nSPS) is 51.8. The van der Waals surface area contributed by atoms with Gasteiger partial charge < -0.3 is 11.5 Å². The van der Waals surface area contributed by atoms with Crippen LogP contribution in [0.3, 0.4) is 0 Å². The van der Waals surface area contributed by atoms with E-state index in [0.717, 1.165) is 19.0 Å². The van der Waals surface area contributed by atoms with Crippen molar-refractivity contribution < 1.29 is 0 Å². The van der Waals surface area contributed by atoms with Crippen LogP contribution >= 0.6 is 12.6 Å². The Morgan fingerprint density at radius 3 is 1.92 bits per heavy atom. The van der Waals surface area contributed by atoms with E-state index >= 15 is 0 Å². The van der Waals surface area contributed by atoms with Gasteiger partial charge in [0.05, 0.1) is 0 Å². The Labute approximate surface area is 79.5 Å². The first-order valence-corrected chi connectivity index (χ1v) is 5.37. The molecule has 0 spiro atoms. The Morgan fingerprint density at radius 1 is 1.08 bits per heavy atom. The predicted octanol–water partition coefficient (Wildman–Crippen LogP) is 0.474. The molecule has 4 N–H and O–H groups in total. The van der Waals surface area contributed by atoms with Gasteiger partial charge in [-0.1, -0.05) is 0 Å². The van der Waals surface area contributed by atoms with Crippen molar-refractivity contribution in [1.29, 1.82) is 0 Å². The average molecular weight is 186 g/mol. The fourth-order valence-electron chi connectivity index (χ4n) is 3.23. The zero-order valence-corrected chi connectivity index (χ0v) is 8.21. The topological polar surface area (TPSA) is 52.0 Å². The molecule has 2 aliphatic rings. The van der Waals surface area contributed by atoms with Crippen LogP contribution in [0.25, 0.3) is 0 Å². The molecule has 2 aliphatic carbocycles. The van der Waals surface area contributed by atoms with Crippen molar-refractivity contribution in [2.75, 3.05) is 13.1 Å². The highest BCUT2D eigenvalue weighted by atomic mass is 32.1. The molecule has 2 nitrogen and oxygen atoms in total. The zero-order valence-electron chi connectivity index (χ0n) is 7.32. The van der Waals surface area contributed by atoms with Crippen LogP contribution in [0.5, 0.6) is 0 Å². The zero-order chi connectivity index (χ0) is 8.72. The van der Waals surface area contributed by atoms with Gasteiger partial charge in [0, 0.05) is 5.25 Å². The molecule has 0 aromatic rings. The second kappa shape index (κ2) is 3.20. The Morgan fingerprint density at radius 2 is 1.58 bits per heavy atom. The van der Waals surface area contributed by atoms with E-state index < -0.39 is 0 Å². The summed E-state index contributed by atoms with van der Waals surface area (Å²) in [4.78, 5) is 0. The number of hydrogen-bond acceptors (Lipinski definition) is 3. The lowest BCUT2D eigenvalue weighted by atomic mass is 9.81. The second-order valence-corrected chi connectivity index (χ2v) is 4.89. The summed E-state index contributed by atoms with van der Waals surface area (Å²) in [6.45, 7) is 1.66. The molecule has 0 aromatic heterocycles. The molecule has 70 valence electrons. The van der Waals surface area contributed by atoms with E-state index in [1.54, 1.807) is 0 Å². The minimum absolute atomic E-state index is 0.590. The smallest absolute Gasteiger partial charge is 0.00798 e. The number of hydrogen-bond donors (Lipinski definition) is 3. The van der Waals surface area contributed by atoms with E-state index in [2.05, 4.69) is 12.6 Å². The molecule has 0 saturated heterocycles. The predicted molar refractivity (Wildman–Crippen MR) is 54.1 cm³/mol. The maximum atomic E-state index is 5.72. The van der Waals surface area contributed by atoms with Crippen molar-refractivity contribution in [2.45, 2.75) is 18.1 Å². The molecule has 12 heavy (non-hydrogen) atoms. The quantitative estimate of drug-likeness (QED) is 0.549. The molecule has 2 saturated carbocycles. The summed E-state index contributed by atoms with van der Waals surface area (Å²) in [5.41, 5.74) is 11.4. The van der Waals surface area contributed by atoms with E-state index in [9.17, 15) is 0 Å². The molecule has 3 heteroatoms.